The molecular weight excluding hydrogens is 312 g/mol. The molecule has 2 heteroatoms. The third-order valence-electron chi connectivity index (χ3n) is 2.58. The van der Waals surface area contributed by atoms with Crippen LogP contribution in [0.4, 0.5) is 0 Å². The van der Waals surface area contributed by atoms with Crippen LogP contribution in [0.1, 0.15) is 26.3 Å². The number of rotatable bonds is 0. The van der Waals surface area contributed by atoms with Gasteiger partial charge in [0, 0.05) is 0 Å². The Bertz CT molecular complexity index is 490. The van der Waals surface area contributed by atoms with E-state index >= 15 is 0 Å². The van der Waals surface area contributed by atoms with Crippen LogP contribution in [0.3, 0.4) is 0 Å². The molecule has 0 saturated heterocycles. The zero-order valence-electron chi connectivity index (χ0n) is 9.86. The fraction of sp³-hybridized carbons (Fsp3) is 0.286. The molecule has 2 rings (SSSR count). The molecule has 0 unspecified atom stereocenters. The summed E-state index contributed by atoms with van der Waals surface area (Å²) in [5.41, 5.74) is 1.12. The van der Waals surface area contributed by atoms with Gasteiger partial charge in [-0.05, 0) is 0 Å². The van der Waals surface area contributed by atoms with Gasteiger partial charge in [0.15, 0.2) is 0 Å². The van der Waals surface area contributed by atoms with Crippen molar-refractivity contribution < 1.29 is 3.10 Å². The quantitative estimate of drug-likeness (QED) is 0.670. The average molecular weight is 328 g/mol. The Kier molecular flexibility index (Phi) is 3.15. The molecule has 1 aromatic carbocycles. The number of allylic oxidation sites excluding steroid dienone is 3. The summed E-state index contributed by atoms with van der Waals surface area (Å²) in [7, 11) is 0. The molecule has 16 heavy (non-hydrogen) atoms. The van der Waals surface area contributed by atoms with Crippen molar-refractivity contribution in [2.75, 3.05) is 0 Å². The molecule has 0 spiro atoms. The molecule has 1 nitrogen and oxygen atoms in total. The van der Waals surface area contributed by atoms with Crippen molar-refractivity contribution in [1.82, 2.24) is 0 Å². The molecular formula is C14H16OTe. The van der Waals surface area contributed by atoms with E-state index in [-0.39, 0.29) is 5.41 Å². The molecule has 0 fully saturated rings. The van der Waals surface area contributed by atoms with E-state index in [9.17, 15) is 3.10 Å². The van der Waals surface area contributed by atoms with E-state index < -0.39 is 19.5 Å². The molecule has 1 aliphatic rings. The predicted octanol–water partition coefficient (Wildman–Crippen LogP) is 2.85. The normalized spacial score (nSPS) is 16.6. The van der Waals surface area contributed by atoms with Crippen LogP contribution < -0.4 is 3.61 Å². The van der Waals surface area contributed by atoms with Crippen LogP contribution in [0.5, 0.6) is 0 Å². The maximum absolute atomic E-state index is 12.6. The number of fused-ring (bicyclic) bond motifs is 1. The second-order valence-electron chi connectivity index (χ2n) is 4.95. The molecule has 0 atom stereocenters. The van der Waals surface area contributed by atoms with E-state index in [0.717, 1.165) is 12.8 Å². The van der Waals surface area contributed by atoms with Crippen molar-refractivity contribution in [2.45, 2.75) is 20.8 Å². The Hall–Kier alpha value is -0.710. The van der Waals surface area contributed by atoms with Crippen molar-refractivity contribution in [1.29, 1.82) is 0 Å². The number of hydrogen-bond donors (Lipinski definition) is 0. The van der Waals surface area contributed by atoms with Gasteiger partial charge in [-0.15, -0.1) is 0 Å². The SMILES string of the molecule is CC(C)(C)C1=CC=Cc2ccccc2[Te]1=O. The summed E-state index contributed by atoms with van der Waals surface area (Å²) in [5.74, 6) is 0. The predicted molar refractivity (Wildman–Crippen MR) is 69.1 cm³/mol. The number of hydrogen-bond acceptors (Lipinski definition) is 1. The fourth-order valence-corrected chi connectivity index (χ4v) is 6.15. The summed E-state index contributed by atoms with van der Waals surface area (Å²) in [4.78, 5) is 0. The van der Waals surface area contributed by atoms with E-state index in [4.69, 9.17) is 0 Å². The van der Waals surface area contributed by atoms with Crippen molar-refractivity contribution >= 4 is 29.2 Å². The van der Waals surface area contributed by atoms with E-state index in [1.807, 2.05) is 36.4 Å². The van der Waals surface area contributed by atoms with Crippen LogP contribution in [0.2, 0.25) is 0 Å². The number of benzene rings is 1. The molecule has 0 aromatic heterocycles. The first kappa shape index (κ1) is 11.8. The van der Waals surface area contributed by atoms with Crippen LogP contribution in [0.25, 0.3) is 6.08 Å². The van der Waals surface area contributed by atoms with Gasteiger partial charge in [-0.25, -0.2) is 0 Å². The Labute approximate surface area is 104 Å². The van der Waals surface area contributed by atoms with Crippen molar-refractivity contribution in [3.05, 3.63) is 45.6 Å². The molecule has 0 bridgehead atoms. The van der Waals surface area contributed by atoms with E-state index in [2.05, 4.69) is 26.8 Å². The first-order chi connectivity index (χ1) is 7.50. The first-order valence-electron chi connectivity index (χ1n) is 5.40. The minimum atomic E-state index is -2.56. The summed E-state index contributed by atoms with van der Waals surface area (Å²) in [6.45, 7) is 6.39. The topological polar surface area (TPSA) is 17.1 Å². The van der Waals surface area contributed by atoms with Crippen LogP contribution in [-0.4, -0.2) is 19.5 Å². The van der Waals surface area contributed by atoms with Gasteiger partial charge in [-0.1, -0.05) is 0 Å². The standard InChI is InChI=1S/C14H16OTe/c1-14(2,3)13-10-6-8-11-7-4-5-9-12(11)16(13)15/h4-10H,1-3H3. The molecule has 1 aliphatic heterocycles. The third kappa shape index (κ3) is 2.19. The third-order valence-corrected chi connectivity index (χ3v) is 8.06. The van der Waals surface area contributed by atoms with Gasteiger partial charge < -0.3 is 0 Å². The second-order valence-corrected chi connectivity index (χ2v) is 8.99. The summed E-state index contributed by atoms with van der Waals surface area (Å²) >= 11 is -2.56. The zero-order valence-corrected chi connectivity index (χ0v) is 12.2. The van der Waals surface area contributed by atoms with E-state index in [1.54, 1.807) is 0 Å². The van der Waals surface area contributed by atoms with Crippen LogP contribution in [0, 0.1) is 5.41 Å². The summed E-state index contributed by atoms with van der Waals surface area (Å²) in [5, 5.41) is 0. The van der Waals surface area contributed by atoms with Gasteiger partial charge >= 0.3 is 104 Å². The van der Waals surface area contributed by atoms with Gasteiger partial charge in [0.25, 0.3) is 0 Å². The van der Waals surface area contributed by atoms with Gasteiger partial charge in [0.1, 0.15) is 0 Å². The molecule has 0 amide bonds. The summed E-state index contributed by atoms with van der Waals surface area (Å²) in [6.07, 6.45) is 6.13. The Morgan fingerprint density at radius 2 is 1.81 bits per heavy atom. The molecule has 1 aromatic rings. The average Bonchev–Trinajstić information content (AvgIpc) is 2.38. The zero-order chi connectivity index (χ0) is 11.8. The monoisotopic (exact) mass is 330 g/mol. The Morgan fingerprint density at radius 1 is 1.12 bits per heavy atom. The van der Waals surface area contributed by atoms with Crippen molar-refractivity contribution in [3.8, 4) is 0 Å². The molecule has 0 radical (unpaired) electrons. The second kappa shape index (κ2) is 4.28. The molecule has 0 N–H and O–H groups in total. The van der Waals surface area contributed by atoms with Crippen LogP contribution in [-0.2, 0) is 3.10 Å². The molecule has 0 aliphatic carbocycles. The van der Waals surface area contributed by atoms with Crippen LogP contribution in [0.15, 0.2) is 40.0 Å². The molecule has 1 heterocycles. The van der Waals surface area contributed by atoms with Gasteiger partial charge in [-0.3, -0.25) is 0 Å². The van der Waals surface area contributed by atoms with Gasteiger partial charge in [0.05, 0.1) is 0 Å². The minimum absolute atomic E-state index is 0.000365. The van der Waals surface area contributed by atoms with Gasteiger partial charge in [-0.2, -0.15) is 0 Å². The molecule has 84 valence electrons. The van der Waals surface area contributed by atoms with Gasteiger partial charge in [0.2, 0.25) is 0 Å². The summed E-state index contributed by atoms with van der Waals surface area (Å²) in [6, 6.07) is 8.02. The maximum atomic E-state index is 12.6. The van der Waals surface area contributed by atoms with E-state index in [1.165, 1.54) is 0 Å². The van der Waals surface area contributed by atoms with E-state index in [0.29, 0.717) is 0 Å². The summed E-state index contributed by atoms with van der Waals surface area (Å²) < 4.78 is 14.8. The first-order valence-corrected chi connectivity index (χ1v) is 8.68. The van der Waals surface area contributed by atoms with Crippen LogP contribution >= 0.6 is 0 Å². The van der Waals surface area contributed by atoms with Crippen molar-refractivity contribution in [2.24, 2.45) is 5.41 Å². The Morgan fingerprint density at radius 3 is 2.50 bits per heavy atom. The van der Waals surface area contributed by atoms with Crippen molar-refractivity contribution in [3.63, 3.8) is 0 Å². The fourth-order valence-electron chi connectivity index (χ4n) is 1.73. The Balaban J connectivity index is 2.56. The molecule has 0 saturated carbocycles.